The number of rotatable bonds is 1. The van der Waals surface area contributed by atoms with Crippen LogP contribution in [0, 0.1) is 16.7 Å². The molecule has 5 nitrogen and oxygen atoms in total. The summed E-state index contributed by atoms with van der Waals surface area (Å²) >= 11 is 1.39. The first kappa shape index (κ1) is 14.6. The van der Waals surface area contributed by atoms with Crippen LogP contribution in [0.1, 0.15) is 31.9 Å². The molecule has 3 aliphatic rings. The SMILES string of the molecule is CN1C(=O)C23C[C@](C)(C#N)[C@H](c4ccccc4)N2C(=O)C1(C)S3. The van der Waals surface area contributed by atoms with E-state index in [0.29, 0.717) is 6.42 Å². The topological polar surface area (TPSA) is 64.4 Å². The van der Waals surface area contributed by atoms with Crippen molar-refractivity contribution in [2.75, 3.05) is 7.05 Å². The molecule has 0 N–H and O–H groups in total. The molecule has 0 aromatic heterocycles. The second kappa shape index (κ2) is 4.09. The number of amides is 2. The van der Waals surface area contributed by atoms with Crippen LogP contribution in [-0.2, 0) is 9.59 Å². The summed E-state index contributed by atoms with van der Waals surface area (Å²) in [5.41, 5.74) is 0.126. The van der Waals surface area contributed by atoms with Crippen LogP contribution in [0.5, 0.6) is 0 Å². The molecular formula is C17H17N3O2S. The smallest absolute Gasteiger partial charge is 0.261 e. The van der Waals surface area contributed by atoms with Gasteiger partial charge in [0.2, 0.25) is 0 Å². The predicted molar refractivity (Wildman–Crippen MR) is 85.9 cm³/mol. The third-order valence-electron chi connectivity index (χ3n) is 5.49. The van der Waals surface area contributed by atoms with Crippen molar-refractivity contribution in [3.63, 3.8) is 0 Å². The number of thioether (sulfide) groups is 1. The van der Waals surface area contributed by atoms with Crippen molar-refractivity contribution in [2.45, 2.75) is 36.1 Å². The van der Waals surface area contributed by atoms with E-state index >= 15 is 0 Å². The van der Waals surface area contributed by atoms with E-state index in [1.807, 2.05) is 37.3 Å². The molecule has 1 aromatic rings. The molecule has 118 valence electrons. The van der Waals surface area contributed by atoms with E-state index in [1.165, 1.54) is 11.8 Å². The van der Waals surface area contributed by atoms with Crippen LogP contribution in [0.4, 0.5) is 0 Å². The van der Waals surface area contributed by atoms with Crippen LogP contribution in [-0.4, -0.2) is 38.4 Å². The van der Waals surface area contributed by atoms with Gasteiger partial charge in [-0.15, -0.1) is 0 Å². The van der Waals surface area contributed by atoms with E-state index in [9.17, 15) is 14.9 Å². The highest BCUT2D eigenvalue weighted by molar-refractivity contribution is 8.04. The number of benzene rings is 1. The molecule has 3 heterocycles. The average molecular weight is 327 g/mol. The zero-order chi connectivity index (χ0) is 16.6. The van der Waals surface area contributed by atoms with Gasteiger partial charge in [-0.25, -0.2) is 0 Å². The minimum atomic E-state index is -0.939. The molecule has 6 heteroatoms. The Kier molecular flexibility index (Phi) is 2.60. The van der Waals surface area contributed by atoms with E-state index in [1.54, 1.807) is 23.8 Å². The van der Waals surface area contributed by atoms with Crippen molar-refractivity contribution >= 4 is 23.6 Å². The Labute approximate surface area is 139 Å². The lowest BCUT2D eigenvalue weighted by molar-refractivity contribution is -0.159. The van der Waals surface area contributed by atoms with Gasteiger partial charge in [0, 0.05) is 13.5 Å². The van der Waals surface area contributed by atoms with Crippen molar-refractivity contribution in [3.8, 4) is 6.07 Å². The van der Waals surface area contributed by atoms with E-state index in [4.69, 9.17) is 0 Å². The first-order valence-corrected chi connectivity index (χ1v) is 8.40. The van der Waals surface area contributed by atoms with Crippen LogP contribution in [0.25, 0.3) is 0 Å². The summed E-state index contributed by atoms with van der Waals surface area (Å²) in [6.07, 6.45) is 0.366. The second-order valence-electron chi connectivity index (χ2n) is 6.93. The molecule has 2 unspecified atom stereocenters. The van der Waals surface area contributed by atoms with Crippen LogP contribution in [0.3, 0.4) is 0 Å². The lowest BCUT2D eigenvalue weighted by Gasteiger charge is -2.40. The molecule has 3 aliphatic heterocycles. The summed E-state index contributed by atoms with van der Waals surface area (Å²) in [5.74, 6) is -0.137. The third-order valence-corrected chi connectivity index (χ3v) is 7.19. The summed E-state index contributed by atoms with van der Waals surface area (Å²) in [6.45, 7) is 3.66. The van der Waals surface area contributed by atoms with Gasteiger partial charge in [0.1, 0.15) is 0 Å². The molecule has 3 saturated heterocycles. The summed E-state index contributed by atoms with van der Waals surface area (Å²) in [6, 6.07) is 11.6. The number of hydrogen-bond donors (Lipinski definition) is 0. The third kappa shape index (κ3) is 1.44. The Morgan fingerprint density at radius 2 is 1.87 bits per heavy atom. The summed E-state index contributed by atoms with van der Waals surface area (Å²) < 4.78 is 0. The molecule has 1 spiro atoms. The Balaban J connectivity index is 1.94. The lowest BCUT2D eigenvalue weighted by Crippen LogP contribution is -2.60. The van der Waals surface area contributed by atoms with Gasteiger partial charge in [0.15, 0.2) is 9.74 Å². The average Bonchev–Trinajstić information content (AvgIpc) is 3.01. The molecule has 23 heavy (non-hydrogen) atoms. The maximum absolute atomic E-state index is 13.1. The van der Waals surface area contributed by atoms with Gasteiger partial charge in [0.25, 0.3) is 11.8 Å². The fourth-order valence-corrected chi connectivity index (χ4v) is 6.22. The largest absolute Gasteiger partial charge is 0.320 e. The molecule has 0 aliphatic carbocycles. The normalized spacial score (nSPS) is 41.4. The van der Waals surface area contributed by atoms with Gasteiger partial charge in [-0.05, 0) is 19.4 Å². The van der Waals surface area contributed by atoms with Crippen LogP contribution >= 0.6 is 11.8 Å². The fourth-order valence-electron chi connectivity index (χ4n) is 4.28. The van der Waals surface area contributed by atoms with Gasteiger partial charge in [-0.3, -0.25) is 9.59 Å². The molecular weight excluding hydrogens is 310 g/mol. The van der Waals surface area contributed by atoms with Gasteiger partial charge >= 0.3 is 0 Å². The van der Waals surface area contributed by atoms with Crippen molar-refractivity contribution in [1.29, 1.82) is 5.26 Å². The van der Waals surface area contributed by atoms with Gasteiger partial charge in [-0.1, -0.05) is 42.1 Å². The molecule has 0 saturated carbocycles. The number of fused-ring (bicyclic) bond motifs is 1. The Morgan fingerprint density at radius 3 is 2.48 bits per heavy atom. The van der Waals surface area contributed by atoms with Crippen molar-refractivity contribution < 1.29 is 9.59 Å². The second-order valence-corrected chi connectivity index (χ2v) is 8.60. The summed E-state index contributed by atoms with van der Waals surface area (Å²) in [7, 11) is 1.68. The van der Waals surface area contributed by atoms with Crippen molar-refractivity contribution in [3.05, 3.63) is 35.9 Å². The highest BCUT2D eigenvalue weighted by atomic mass is 32.2. The first-order chi connectivity index (χ1) is 10.8. The number of likely N-dealkylation sites (N-methyl/N-ethyl adjacent to an activating group) is 1. The van der Waals surface area contributed by atoms with Crippen LogP contribution in [0.2, 0.25) is 0 Å². The monoisotopic (exact) mass is 327 g/mol. The summed E-state index contributed by atoms with van der Waals surface area (Å²) in [4.78, 5) is 27.5. The molecule has 0 radical (unpaired) electrons. The minimum absolute atomic E-state index is 0.0653. The Morgan fingerprint density at radius 1 is 1.22 bits per heavy atom. The zero-order valence-electron chi connectivity index (χ0n) is 13.2. The van der Waals surface area contributed by atoms with E-state index in [0.717, 1.165) is 5.56 Å². The zero-order valence-corrected chi connectivity index (χ0v) is 14.1. The maximum Gasteiger partial charge on any atom is 0.261 e. The van der Waals surface area contributed by atoms with Crippen molar-refractivity contribution in [2.24, 2.45) is 5.41 Å². The number of nitrogens with zero attached hydrogens (tertiary/aromatic N) is 3. The van der Waals surface area contributed by atoms with E-state index in [-0.39, 0.29) is 11.8 Å². The Hall–Kier alpha value is -2.00. The number of carbonyl (C=O) groups is 2. The van der Waals surface area contributed by atoms with Gasteiger partial charge < -0.3 is 9.80 Å². The number of nitriles is 1. The number of hydrogen-bond acceptors (Lipinski definition) is 4. The molecule has 2 amide bonds. The predicted octanol–water partition coefficient (Wildman–Crippen LogP) is 2.12. The minimum Gasteiger partial charge on any atom is -0.320 e. The molecule has 1 aromatic carbocycles. The van der Waals surface area contributed by atoms with E-state index < -0.39 is 21.2 Å². The van der Waals surface area contributed by atoms with Gasteiger partial charge in [-0.2, -0.15) is 5.26 Å². The highest BCUT2D eigenvalue weighted by Gasteiger charge is 2.78. The molecule has 3 fully saturated rings. The number of piperazine rings is 1. The lowest BCUT2D eigenvalue weighted by atomic mass is 9.79. The molecule has 4 rings (SSSR count). The Bertz CT molecular complexity index is 776. The molecule has 2 bridgehead atoms. The standard InChI is InChI=1S/C17H17N3O2S/c1-15(10-18)9-17-14(22)19(3)16(2,23-17)13(21)20(17)12(15)11-7-5-4-6-8-11/h4-8,12H,9H2,1-3H3/t12-,15+,16?,17?/m0/s1. The number of carbonyl (C=O) groups excluding carboxylic acids is 2. The van der Waals surface area contributed by atoms with Crippen molar-refractivity contribution in [1.82, 2.24) is 9.80 Å². The van der Waals surface area contributed by atoms with Gasteiger partial charge in [0.05, 0.1) is 17.5 Å². The summed E-state index contributed by atoms with van der Waals surface area (Å²) in [5, 5.41) is 9.82. The maximum atomic E-state index is 13.1. The van der Waals surface area contributed by atoms with E-state index in [2.05, 4.69) is 6.07 Å². The highest BCUT2D eigenvalue weighted by Crippen LogP contribution is 2.69. The quantitative estimate of drug-likeness (QED) is 0.792. The van der Waals surface area contributed by atoms with Crippen LogP contribution < -0.4 is 0 Å². The fraction of sp³-hybridized carbons (Fsp3) is 0.471. The van der Waals surface area contributed by atoms with Crippen LogP contribution in [0.15, 0.2) is 30.3 Å². The first-order valence-electron chi connectivity index (χ1n) is 7.59. The molecule has 4 atom stereocenters.